The van der Waals surface area contributed by atoms with Gasteiger partial charge in [-0.15, -0.1) is 5.10 Å². The number of ether oxygens (including phenoxy) is 1. The molecule has 0 aliphatic rings. The predicted octanol–water partition coefficient (Wildman–Crippen LogP) is 1.71. The Morgan fingerprint density at radius 2 is 2.00 bits per heavy atom. The van der Waals surface area contributed by atoms with Crippen LogP contribution in [0, 0.1) is 6.92 Å². The first-order chi connectivity index (χ1) is 11.8. The van der Waals surface area contributed by atoms with Crippen LogP contribution in [0.15, 0.2) is 29.4 Å². The first-order valence-corrected chi connectivity index (χ1v) is 9.19. The topological polar surface area (TPSA) is 106 Å². The van der Waals surface area contributed by atoms with Gasteiger partial charge in [0.1, 0.15) is 17.0 Å². The molecule has 0 spiro atoms. The molecule has 1 aromatic heterocycles. The number of anilines is 1. The molecule has 25 heavy (non-hydrogen) atoms. The molecule has 0 atom stereocenters. The summed E-state index contributed by atoms with van der Waals surface area (Å²) in [5.74, 6) is 0.0146. The van der Waals surface area contributed by atoms with Gasteiger partial charge in [0.2, 0.25) is 0 Å². The minimum Gasteiger partial charge on any atom is -0.495 e. The third-order valence-corrected chi connectivity index (χ3v) is 4.91. The number of aryl methyl sites for hydroxylation is 1. The maximum atomic E-state index is 12.6. The largest absolute Gasteiger partial charge is 0.495 e. The van der Waals surface area contributed by atoms with Crippen LogP contribution in [-0.2, 0) is 10.0 Å². The molecule has 0 aliphatic heterocycles. The summed E-state index contributed by atoms with van der Waals surface area (Å²) in [4.78, 5) is 17.6. The Morgan fingerprint density at radius 3 is 2.60 bits per heavy atom. The second-order valence-electron chi connectivity index (χ2n) is 5.23. The van der Waals surface area contributed by atoms with Gasteiger partial charge >= 0.3 is 6.03 Å². The molecule has 1 heterocycles. The van der Waals surface area contributed by atoms with Crippen molar-refractivity contribution in [2.24, 2.45) is 0 Å². The summed E-state index contributed by atoms with van der Waals surface area (Å²) in [6, 6.07) is 4.42. The molecule has 0 bridgehead atoms. The standard InChI is InChI=1S/C15H21N5O4S/c1-5-19(6-2)15(21)20-10-16-14(17-20)18-25(22,23)13-9-11(3)7-8-12(13)24-4/h7-10H,5-6H2,1-4H3,(H,17,18). The second kappa shape index (κ2) is 7.51. The molecule has 0 saturated heterocycles. The molecular weight excluding hydrogens is 346 g/mol. The molecule has 0 radical (unpaired) electrons. The van der Waals surface area contributed by atoms with Gasteiger partial charge in [-0.2, -0.15) is 9.67 Å². The van der Waals surface area contributed by atoms with Crippen molar-refractivity contribution in [3.8, 4) is 5.75 Å². The first-order valence-electron chi connectivity index (χ1n) is 7.70. The number of sulfonamides is 1. The highest BCUT2D eigenvalue weighted by Crippen LogP contribution is 2.25. The number of carbonyl (C=O) groups is 1. The smallest absolute Gasteiger partial charge is 0.346 e. The zero-order valence-electron chi connectivity index (χ0n) is 14.6. The van der Waals surface area contributed by atoms with Gasteiger partial charge in [0, 0.05) is 13.1 Å². The van der Waals surface area contributed by atoms with Crippen LogP contribution in [0.3, 0.4) is 0 Å². The molecule has 0 aliphatic carbocycles. The predicted molar refractivity (Wildman–Crippen MR) is 92.3 cm³/mol. The fraction of sp³-hybridized carbons (Fsp3) is 0.400. The van der Waals surface area contributed by atoms with Crippen molar-refractivity contribution in [1.82, 2.24) is 19.7 Å². The maximum Gasteiger partial charge on any atom is 0.346 e. The number of benzene rings is 1. The van der Waals surface area contributed by atoms with Crippen LogP contribution in [0.2, 0.25) is 0 Å². The molecule has 2 rings (SSSR count). The number of nitrogens with one attached hydrogen (secondary N) is 1. The number of hydrogen-bond donors (Lipinski definition) is 1. The number of rotatable bonds is 6. The molecule has 10 heteroatoms. The fourth-order valence-corrected chi connectivity index (χ4v) is 3.41. The molecule has 0 fully saturated rings. The molecule has 136 valence electrons. The fourth-order valence-electron chi connectivity index (χ4n) is 2.21. The lowest BCUT2D eigenvalue weighted by Gasteiger charge is -2.17. The Bertz CT molecular complexity index is 859. The zero-order valence-corrected chi connectivity index (χ0v) is 15.4. The number of carbonyl (C=O) groups excluding carboxylic acids is 1. The lowest BCUT2D eigenvalue weighted by Crippen LogP contribution is -2.34. The molecular formula is C15H21N5O4S. The van der Waals surface area contributed by atoms with E-state index in [2.05, 4.69) is 14.8 Å². The van der Waals surface area contributed by atoms with E-state index in [1.165, 1.54) is 24.4 Å². The Morgan fingerprint density at radius 1 is 1.32 bits per heavy atom. The van der Waals surface area contributed by atoms with Crippen molar-refractivity contribution in [3.63, 3.8) is 0 Å². The minimum atomic E-state index is -3.96. The molecule has 1 aromatic carbocycles. The van der Waals surface area contributed by atoms with Crippen molar-refractivity contribution in [2.75, 3.05) is 24.9 Å². The highest BCUT2D eigenvalue weighted by atomic mass is 32.2. The average Bonchev–Trinajstić information content (AvgIpc) is 3.03. The lowest BCUT2D eigenvalue weighted by molar-refractivity contribution is 0.201. The summed E-state index contributed by atoms with van der Waals surface area (Å²) in [7, 11) is -2.57. The molecule has 9 nitrogen and oxygen atoms in total. The highest BCUT2D eigenvalue weighted by Gasteiger charge is 2.22. The number of hydrogen-bond acceptors (Lipinski definition) is 6. The van der Waals surface area contributed by atoms with Crippen molar-refractivity contribution in [1.29, 1.82) is 0 Å². The summed E-state index contributed by atoms with van der Waals surface area (Å²) in [5.41, 5.74) is 0.761. The Labute approximate surface area is 146 Å². The summed E-state index contributed by atoms with van der Waals surface area (Å²) in [5, 5.41) is 3.90. The second-order valence-corrected chi connectivity index (χ2v) is 6.88. The molecule has 1 N–H and O–H groups in total. The number of amides is 1. The Balaban J connectivity index is 2.28. The van der Waals surface area contributed by atoms with Gasteiger partial charge in [0.15, 0.2) is 0 Å². The van der Waals surface area contributed by atoms with Gasteiger partial charge in [0.05, 0.1) is 7.11 Å². The maximum absolute atomic E-state index is 12.6. The third-order valence-electron chi connectivity index (χ3n) is 3.56. The van der Waals surface area contributed by atoms with Crippen LogP contribution in [-0.4, -0.2) is 54.3 Å². The number of aromatic nitrogens is 3. The Hall–Kier alpha value is -2.62. The summed E-state index contributed by atoms with van der Waals surface area (Å²) < 4.78 is 33.5. The Kier molecular flexibility index (Phi) is 5.62. The van der Waals surface area contributed by atoms with Crippen molar-refractivity contribution < 1.29 is 17.9 Å². The SMILES string of the molecule is CCN(CC)C(=O)n1cnc(NS(=O)(=O)c2cc(C)ccc2OC)n1. The van der Waals surface area contributed by atoms with Crippen LogP contribution < -0.4 is 9.46 Å². The monoisotopic (exact) mass is 367 g/mol. The van der Waals surface area contributed by atoms with E-state index in [0.29, 0.717) is 13.1 Å². The normalized spacial score (nSPS) is 11.2. The van der Waals surface area contributed by atoms with Gasteiger partial charge in [-0.1, -0.05) is 6.07 Å². The van der Waals surface area contributed by atoms with Crippen LogP contribution in [0.4, 0.5) is 10.7 Å². The van der Waals surface area contributed by atoms with E-state index < -0.39 is 10.0 Å². The summed E-state index contributed by atoms with van der Waals surface area (Å²) in [6.45, 7) is 6.47. The molecule has 2 aromatic rings. The van der Waals surface area contributed by atoms with Gasteiger partial charge in [0.25, 0.3) is 16.0 Å². The number of nitrogens with zero attached hydrogens (tertiary/aromatic N) is 4. The van der Waals surface area contributed by atoms with Gasteiger partial charge in [-0.05, 0) is 38.5 Å². The third kappa shape index (κ3) is 4.08. The van der Waals surface area contributed by atoms with Crippen molar-refractivity contribution >= 4 is 22.0 Å². The minimum absolute atomic E-state index is 0.0265. The lowest BCUT2D eigenvalue weighted by atomic mass is 10.2. The first kappa shape index (κ1) is 18.7. The van der Waals surface area contributed by atoms with Crippen LogP contribution in [0.5, 0.6) is 5.75 Å². The summed E-state index contributed by atoms with van der Waals surface area (Å²) >= 11 is 0. The highest BCUT2D eigenvalue weighted by molar-refractivity contribution is 7.92. The van der Waals surface area contributed by atoms with Crippen LogP contribution in [0.25, 0.3) is 0 Å². The molecule has 1 amide bonds. The van der Waals surface area contributed by atoms with Crippen LogP contribution in [0.1, 0.15) is 19.4 Å². The average molecular weight is 367 g/mol. The van der Waals surface area contributed by atoms with E-state index >= 15 is 0 Å². The van der Waals surface area contributed by atoms with Crippen LogP contribution >= 0.6 is 0 Å². The summed E-state index contributed by atoms with van der Waals surface area (Å²) in [6.07, 6.45) is 1.17. The van der Waals surface area contributed by atoms with Gasteiger partial charge in [-0.3, -0.25) is 0 Å². The van der Waals surface area contributed by atoms with E-state index in [9.17, 15) is 13.2 Å². The van der Waals surface area contributed by atoms with E-state index in [-0.39, 0.29) is 22.6 Å². The van der Waals surface area contributed by atoms with Crippen molar-refractivity contribution in [2.45, 2.75) is 25.7 Å². The zero-order chi connectivity index (χ0) is 18.6. The number of methoxy groups -OCH3 is 1. The molecule has 0 unspecified atom stereocenters. The van der Waals surface area contributed by atoms with E-state index in [1.54, 1.807) is 19.1 Å². The van der Waals surface area contributed by atoms with Gasteiger partial charge in [-0.25, -0.2) is 17.9 Å². The van der Waals surface area contributed by atoms with E-state index in [1.807, 2.05) is 13.8 Å². The van der Waals surface area contributed by atoms with E-state index in [0.717, 1.165) is 10.2 Å². The molecule has 0 saturated carbocycles. The van der Waals surface area contributed by atoms with Gasteiger partial charge < -0.3 is 9.64 Å². The van der Waals surface area contributed by atoms with E-state index in [4.69, 9.17) is 4.74 Å². The van der Waals surface area contributed by atoms with Crippen molar-refractivity contribution in [3.05, 3.63) is 30.1 Å². The quantitative estimate of drug-likeness (QED) is 0.833.